The second-order valence-corrected chi connectivity index (χ2v) is 4.64. The third kappa shape index (κ3) is 2.11. The lowest BCUT2D eigenvalue weighted by Crippen LogP contribution is -2.14. The molecule has 16 heavy (non-hydrogen) atoms. The van der Waals surface area contributed by atoms with Crippen LogP contribution < -0.4 is 10.5 Å². The number of anilines is 2. The molecular formula is C8H9N5O2S. The fourth-order valence-electron chi connectivity index (χ4n) is 1.06. The van der Waals surface area contributed by atoms with E-state index in [1.54, 1.807) is 0 Å². The Bertz CT molecular complexity index is 561. The Balaban J connectivity index is 2.29. The molecule has 8 heteroatoms. The van der Waals surface area contributed by atoms with Crippen LogP contribution in [0.1, 0.15) is 0 Å². The van der Waals surface area contributed by atoms with Crippen molar-refractivity contribution < 1.29 is 8.42 Å². The first-order chi connectivity index (χ1) is 7.58. The van der Waals surface area contributed by atoms with Crippen molar-refractivity contribution >= 4 is 21.8 Å². The number of aromatic amines is 1. The summed E-state index contributed by atoms with van der Waals surface area (Å²) in [6.45, 7) is 0. The highest BCUT2D eigenvalue weighted by atomic mass is 32.2. The lowest BCUT2D eigenvalue weighted by Gasteiger charge is -2.04. The van der Waals surface area contributed by atoms with Gasteiger partial charge in [-0.2, -0.15) is 0 Å². The maximum Gasteiger partial charge on any atom is 0.265 e. The zero-order valence-electron chi connectivity index (χ0n) is 8.08. The van der Waals surface area contributed by atoms with Gasteiger partial charge in [0.1, 0.15) is 10.7 Å². The molecule has 4 N–H and O–H groups in total. The Labute approximate surface area is 91.8 Å². The summed E-state index contributed by atoms with van der Waals surface area (Å²) in [5.74, 6) is 0.411. The molecule has 2 aromatic heterocycles. The minimum absolute atomic E-state index is 0.0260. The molecule has 0 aliphatic heterocycles. The van der Waals surface area contributed by atoms with Crippen molar-refractivity contribution in [3.63, 3.8) is 0 Å². The highest BCUT2D eigenvalue weighted by molar-refractivity contribution is 7.92. The summed E-state index contributed by atoms with van der Waals surface area (Å²) in [6.07, 6.45) is 4.14. The Kier molecular flexibility index (Phi) is 2.49. The SMILES string of the molecule is Nc1ccc(S(=O)(=O)Nc2ncc[nH]2)cn1. The lowest BCUT2D eigenvalue weighted by atomic mass is 10.5. The number of H-pyrrole nitrogens is 1. The van der Waals surface area contributed by atoms with Crippen LogP contribution in [-0.2, 0) is 10.0 Å². The third-order valence-electron chi connectivity index (χ3n) is 1.80. The van der Waals surface area contributed by atoms with E-state index in [0.29, 0.717) is 0 Å². The van der Waals surface area contributed by atoms with Gasteiger partial charge in [-0.25, -0.2) is 23.1 Å². The summed E-state index contributed by atoms with van der Waals surface area (Å²) in [6, 6.07) is 2.78. The van der Waals surface area contributed by atoms with Crippen molar-refractivity contribution in [1.82, 2.24) is 15.0 Å². The normalized spacial score (nSPS) is 11.2. The van der Waals surface area contributed by atoms with Crippen LogP contribution in [0.15, 0.2) is 35.6 Å². The molecular weight excluding hydrogens is 230 g/mol. The lowest BCUT2D eigenvalue weighted by molar-refractivity contribution is 0.600. The Morgan fingerprint density at radius 1 is 1.31 bits per heavy atom. The Morgan fingerprint density at radius 3 is 2.69 bits per heavy atom. The van der Waals surface area contributed by atoms with Crippen LogP contribution in [0.2, 0.25) is 0 Å². The number of aromatic nitrogens is 3. The van der Waals surface area contributed by atoms with Crippen LogP contribution in [0, 0.1) is 0 Å². The van der Waals surface area contributed by atoms with Gasteiger partial charge in [-0.3, -0.25) is 0 Å². The Morgan fingerprint density at radius 2 is 2.12 bits per heavy atom. The second-order valence-electron chi connectivity index (χ2n) is 2.96. The van der Waals surface area contributed by atoms with E-state index >= 15 is 0 Å². The number of nitrogens with zero attached hydrogens (tertiary/aromatic N) is 2. The smallest absolute Gasteiger partial charge is 0.265 e. The molecule has 2 aromatic rings. The van der Waals surface area contributed by atoms with Gasteiger partial charge in [0.25, 0.3) is 10.0 Å². The maximum absolute atomic E-state index is 11.8. The summed E-state index contributed by atoms with van der Waals surface area (Å²) in [7, 11) is -3.66. The van der Waals surface area contributed by atoms with E-state index in [1.807, 2.05) is 0 Å². The van der Waals surface area contributed by atoms with E-state index < -0.39 is 10.0 Å². The first-order valence-electron chi connectivity index (χ1n) is 4.32. The number of pyridine rings is 1. The van der Waals surface area contributed by atoms with Crippen LogP contribution in [0.5, 0.6) is 0 Å². The number of imidazole rings is 1. The molecule has 0 amide bonds. The summed E-state index contributed by atoms with van der Waals surface area (Å²) >= 11 is 0. The molecule has 0 saturated heterocycles. The van der Waals surface area contributed by atoms with E-state index in [-0.39, 0.29) is 16.7 Å². The van der Waals surface area contributed by atoms with Crippen molar-refractivity contribution in [3.8, 4) is 0 Å². The summed E-state index contributed by atoms with van der Waals surface area (Å²) in [5, 5.41) is 0. The van der Waals surface area contributed by atoms with Crippen LogP contribution in [0.4, 0.5) is 11.8 Å². The van der Waals surface area contributed by atoms with Gasteiger partial charge in [0, 0.05) is 18.6 Å². The van der Waals surface area contributed by atoms with Crippen LogP contribution >= 0.6 is 0 Å². The van der Waals surface area contributed by atoms with Gasteiger partial charge in [-0.15, -0.1) is 0 Å². The van der Waals surface area contributed by atoms with Gasteiger partial charge < -0.3 is 10.7 Å². The fraction of sp³-hybridized carbons (Fsp3) is 0. The van der Waals surface area contributed by atoms with E-state index in [9.17, 15) is 8.42 Å². The zero-order chi connectivity index (χ0) is 11.6. The minimum Gasteiger partial charge on any atom is -0.384 e. The van der Waals surface area contributed by atoms with Crippen molar-refractivity contribution in [2.45, 2.75) is 4.90 Å². The number of nitrogens with two attached hydrogens (primary N) is 1. The molecule has 0 saturated carbocycles. The highest BCUT2D eigenvalue weighted by Gasteiger charge is 2.15. The molecule has 0 fully saturated rings. The van der Waals surface area contributed by atoms with Gasteiger partial charge in [-0.05, 0) is 12.1 Å². The van der Waals surface area contributed by atoms with E-state index in [1.165, 1.54) is 30.7 Å². The molecule has 84 valence electrons. The number of hydrogen-bond acceptors (Lipinski definition) is 5. The first kappa shape index (κ1) is 10.4. The van der Waals surface area contributed by atoms with Crippen molar-refractivity contribution in [3.05, 3.63) is 30.7 Å². The summed E-state index contributed by atoms with van der Waals surface area (Å²) in [5.41, 5.74) is 5.36. The Hall–Kier alpha value is -2.09. The molecule has 2 heterocycles. The fourth-order valence-corrected chi connectivity index (χ4v) is 1.98. The molecule has 7 nitrogen and oxygen atoms in total. The van der Waals surface area contributed by atoms with E-state index in [2.05, 4.69) is 19.7 Å². The number of nitrogen functional groups attached to an aromatic ring is 1. The zero-order valence-corrected chi connectivity index (χ0v) is 8.90. The summed E-state index contributed by atoms with van der Waals surface area (Å²) in [4.78, 5) is 10.1. The van der Waals surface area contributed by atoms with Gasteiger partial charge in [0.15, 0.2) is 0 Å². The van der Waals surface area contributed by atoms with Gasteiger partial charge in [-0.1, -0.05) is 0 Å². The number of sulfonamides is 1. The largest absolute Gasteiger partial charge is 0.384 e. The topological polar surface area (TPSA) is 114 Å². The quantitative estimate of drug-likeness (QED) is 0.707. The number of nitrogens with one attached hydrogen (secondary N) is 2. The average molecular weight is 239 g/mol. The predicted octanol–water partition coefficient (Wildman–Crippen LogP) is 0.188. The van der Waals surface area contributed by atoms with Crippen LogP contribution in [0.3, 0.4) is 0 Å². The molecule has 0 spiro atoms. The molecule has 0 bridgehead atoms. The van der Waals surface area contributed by atoms with Gasteiger partial charge in [0.05, 0.1) is 0 Å². The highest BCUT2D eigenvalue weighted by Crippen LogP contribution is 2.12. The minimum atomic E-state index is -3.66. The van der Waals surface area contributed by atoms with E-state index in [0.717, 1.165) is 0 Å². The average Bonchev–Trinajstić information content (AvgIpc) is 2.70. The standard InChI is InChI=1S/C8H9N5O2S/c9-7-2-1-6(5-12-7)16(14,15)13-8-10-3-4-11-8/h1-5H,(H2,9,12)(H2,10,11,13). The van der Waals surface area contributed by atoms with Gasteiger partial charge >= 0.3 is 0 Å². The molecule has 0 aliphatic carbocycles. The third-order valence-corrected chi connectivity index (χ3v) is 3.12. The molecule has 0 radical (unpaired) electrons. The number of rotatable bonds is 3. The molecule has 0 unspecified atom stereocenters. The number of hydrogen-bond donors (Lipinski definition) is 3. The van der Waals surface area contributed by atoms with Crippen molar-refractivity contribution in [2.24, 2.45) is 0 Å². The van der Waals surface area contributed by atoms with E-state index in [4.69, 9.17) is 5.73 Å². The van der Waals surface area contributed by atoms with Crippen molar-refractivity contribution in [1.29, 1.82) is 0 Å². The van der Waals surface area contributed by atoms with Crippen molar-refractivity contribution in [2.75, 3.05) is 10.5 Å². The molecule has 2 rings (SSSR count). The second kappa shape index (κ2) is 3.81. The maximum atomic E-state index is 11.8. The molecule has 0 aliphatic rings. The monoisotopic (exact) mass is 239 g/mol. The van der Waals surface area contributed by atoms with Crippen LogP contribution in [-0.4, -0.2) is 23.4 Å². The van der Waals surface area contributed by atoms with Gasteiger partial charge in [0.2, 0.25) is 5.95 Å². The summed E-state index contributed by atoms with van der Waals surface area (Å²) < 4.78 is 25.8. The molecule has 0 aromatic carbocycles. The van der Waals surface area contributed by atoms with Crippen LogP contribution in [0.25, 0.3) is 0 Å². The predicted molar refractivity (Wildman–Crippen MR) is 58.0 cm³/mol. The first-order valence-corrected chi connectivity index (χ1v) is 5.80. The molecule has 0 atom stereocenters.